The summed E-state index contributed by atoms with van der Waals surface area (Å²) in [5.74, 6) is 0. The monoisotopic (exact) mass is 300 g/mol. The van der Waals surface area contributed by atoms with E-state index in [1.54, 1.807) is 0 Å². The summed E-state index contributed by atoms with van der Waals surface area (Å²) in [5, 5.41) is 7.95. The number of anilines is 1. The van der Waals surface area contributed by atoms with E-state index in [0.29, 0.717) is 6.04 Å². The van der Waals surface area contributed by atoms with Crippen molar-refractivity contribution >= 4 is 17.3 Å². The molecule has 0 aliphatic carbocycles. The first-order chi connectivity index (χ1) is 10.2. The third-order valence-corrected chi connectivity index (χ3v) is 4.43. The zero-order valence-electron chi connectivity index (χ0n) is 12.3. The van der Waals surface area contributed by atoms with Gasteiger partial charge in [0.25, 0.3) is 0 Å². The fourth-order valence-corrected chi connectivity index (χ4v) is 3.12. The van der Waals surface area contributed by atoms with Gasteiger partial charge < -0.3 is 10.6 Å². The van der Waals surface area contributed by atoms with Crippen LogP contribution in [0.15, 0.2) is 42.5 Å². The Bertz CT molecular complexity index is 624. The average molecular weight is 301 g/mol. The quantitative estimate of drug-likeness (QED) is 0.871. The lowest BCUT2D eigenvalue weighted by Gasteiger charge is -2.16. The molecule has 0 saturated heterocycles. The molecule has 0 saturated carbocycles. The van der Waals surface area contributed by atoms with Gasteiger partial charge in [0.1, 0.15) is 0 Å². The first-order valence-electron chi connectivity index (χ1n) is 7.55. The van der Waals surface area contributed by atoms with E-state index in [-0.39, 0.29) is 0 Å². The standard InChI is InChI=1S/C18H21ClN2/c1-13(11-15-5-2-3-8-17(15)19)21-12-16-7-4-6-14-9-10-20-18(14)16/h2-8,13,20-21H,9-12H2,1H3. The zero-order chi connectivity index (χ0) is 14.7. The Labute approximate surface area is 131 Å². The van der Waals surface area contributed by atoms with E-state index < -0.39 is 0 Å². The predicted molar refractivity (Wildman–Crippen MR) is 90.1 cm³/mol. The predicted octanol–water partition coefficient (Wildman–Crippen LogP) is 4.03. The van der Waals surface area contributed by atoms with Crippen LogP contribution < -0.4 is 10.6 Å². The molecule has 1 unspecified atom stereocenters. The van der Waals surface area contributed by atoms with Gasteiger partial charge in [0.05, 0.1) is 0 Å². The van der Waals surface area contributed by atoms with Crippen molar-refractivity contribution in [2.24, 2.45) is 0 Å². The highest BCUT2D eigenvalue weighted by molar-refractivity contribution is 6.31. The van der Waals surface area contributed by atoms with Crippen molar-refractivity contribution in [1.82, 2.24) is 5.32 Å². The van der Waals surface area contributed by atoms with Crippen molar-refractivity contribution < 1.29 is 0 Å². The second kappa shape index (κ2) is 6.50. The van der Waals surface area contributed by atoms with E-state index in [2.05, 4.69) is 41.8 Å². The van der Waals surface area contributed by atoms with Crippen LogP contribution >= 0.6 is 11.6 Å². The van der Waals surface area contributed by atoms with Crippen molar-refractivity contribution in [2.75, 3.05) is 11.9 Å². The van der Waals surface area contributed by atoms with Crippen LogP contribution in [0, 0.1) is 0 Å². The minimum Gasteiger partial charge on any atom is -0.384 e. The van der Waals surface area contributed by atoms with Gasteiger partial charge in [-0.1, -0.05) is 48.0 Å². The van der Waals surface area contributed by atoms with Crippen LogP contribution in [0.4, 0.5) is 5.69 Å². The molecule has 0 bridgehead atoms. The molecule has 2 nitrogen and oxygen atoms in total. The van der Waals surface area contributed by atoms with Crippen molar-refractivity contribution in [3.05, 3.63) is 64.2 Å². The Morgan fingerprint density at radius 2 is 1.95 bits per heavy atom. The molecule has 0 spiro atoms. The fourth-order valence-electron chi connectivity index (χ4n) is 2.91. The normalized spacial score (nSPS) is 14.6. The summed E-state index contributed by atoms with van der Waals surface area (Å²) in [7, 11) is 0. The minimum atomic E-state index is 0.391. The maximum absolute atomic E-state index is 6.22. The van der Waals surface area contributed by atoms with Gasteiger partial charge in [0.15, 0.2) is 0 Å². The van der Waals surface area contributed by atoms with Gasteiger partial charge in [0, 0.05) is 29.8 Å². The third-order valence-electron chi connectivity index (χ3n) is 4.06. The van der Waals surface area contributed by atoms with E-state index in [0.717, 1.165) is 31.0 Å². The fraction of sp³-hybridized carbons (Fsp3) is 0.333. The van der Waals surface area contributed by atoms with Gasteiger partial charge in [-0.05, 0) is 42.5 Å². The average Bonchev–Trinajstić information content (AvgIpc) is 2.96. The van der Waals surface area contributed by atoms with Crippen LogP contribution in [0.1, 0.15) is 23.6 Å². The van der Waals surface area contributed by atoms with E-state index >= 15 is 0 Å². The lowest BCUT2D eigenvalue weighted by molar-refractivity contribution is 0.546. The van der Waals surface area contributed by atoms with Crippen LogP contribution in [0.3, 0.4) is 0 Å². The van der Waals surface area contributed by atoms with E-state index in [1.165, 1.54) is 22.4 Å². The smallest absolute Gasteiger partial charge is 0.0438 e. The van der Waals surface area contributed by atoms with Gasteiger partial charge in [-0.15, -0.1) is 0 Å². The van der Waals surface area contributed by atoms with E-state index in [9.17, 15) is 0 Å². The third kappa shape index (κ3) is 3.39. The van der Waals surface area contributed by atoms with Crippen LogP contribution in [0.5, 0.6) is 0 Å². The molecule has 21 heavy (non-hydrogen) atoms. The first kappa shape index (κ1) is 14.4. The number of nitrogens with one attached hydrogen (secondary N) is 2. The zero-order valence-corrected chi connectivity index (χ0v) is 13.1. The maximum atomic E-state index is 6.22. The van der Waals surface area contributed by atoms with Gasteiger partial charge in [-0.2, -0.15) is 0 Å². The topological polar surface area (TPSA) is 24.1 Å². The SMILES string of the molecule is CC(Cc1ccccc1Cl)NCc1cccc2c1NCC2. The second-order valence-electron chi connectivity index (χ2n) is 5.71. The molecule has 2 aromatic rings. The summed E-state index contributed by atoms with van der Waals surface area (Å²) in [6.07, 6.45) is 2.08. The number of hydrogen-bond donors (Lipinski definition) is 2. The maximum Gasteiger partial charge on any atom is 0.0438 e. The van der Waals surface area contributed by atoms with Crippen molar-refractivity contribution in [3.63, 3.8) is 0 Å². The Balaban J connectivity index is 1.61. The summed E-state index contributed by atoms with van der Waals surface area (Å²) in [4.78, 5) is 0. The highest BCUT2D eigenvalue weighted by Crippen LogP contribution is 2.26. The Morgan fingerprint density at radius 3 is 2.81 bits per heavy atom. The molecule has 3 rings (SSSR count). The molecule has 2 N–H and O–H groups in total. The van der Waals surface area contributed by atoms with Gasteiger partial charge in [-0.25, -0.2) is 0 Å². The summed E-state index contributed by atoms with van der Waals surface area (Å²) in [6, 6.07) is 15.0. The lowest BCUT2D eigenvalue weighted by atomic mass is 10.1. The Morgan fingerprint density at radius 1 is 1.14 bits per heavy atom. The van der Waals surface area contributed by atoms with E-state index in [1.807, 2.05) is 18.2 Å². The van der Waals surface area contributed by atoms with Gasteiger partial charge in [-0.3, -0.25) is 0 Å². The highest BCUT2D eigenvalue weighted by Gasteiger charge is 2.14. The molecule has 2 aromatic carbocycles. The minimum absolute atomic E-state index is 0.391. The molecule has 3 heteroatoms. The molecule has 1 heterocycles. The number of benzene rings is 2. The lowest BCUT2D eigenvalue weighted by Crippen LogP contribution is -2.28. The van der Waals surface area contributed by atoms with Gasteiger partial charge >= 0.3 is 0 Å². The molecule has 110 valence electrons. The molecule has 0 fully saturated rings. The van der Waals surface area contributed by atoms with Crippen LogP contribution in [-0.2, 0) is 19.4 Å². The number of halogens is 1. The molecule has 0 radical (unpaired) electrons. The van der Waals surface area contributed by atoms with Crippen LogP contribution in [-0.4, -0.2) is 12.6 Å². The summed E-state index contributed by atoms with van der Waals surface area (Å²) in [5.41, 5.74) is 5.33. The molecular weight excluding hydrogens is 280 g/mol. The highest BCUT2D eigenvalue weighted by atomic mass is 35.5. The van der Waals surface area contributed by atoms with Crippen molar-refractivity contribution in [2.45, 2.75) is 32.4 Å². The summed E-state index contributed by atoms with van der Waals surface area (Å²) < 4.78 is 0. The van der Waals surface area contributed by atoms with Crippen molar-refractivity contribution in [3.8, 4) is 0 Å². The number of rotatable bonds is 5. The van der Waals surface area contributed by atoms with Crippen LogP contribution in [0.25, 0.3) is 0 Å². The molecular formula is C18H21ClN2. The number of hydrogen-bond acceptors (Lipinski definition) is 2. The molecule has 1 aliphatic heterocycles. The second-order valence-corrected chi connectivity index (χ2v) is 6.11. The van der Waals surface area contributed by atoms with Crippen molar-refractivity contribution in [1.29, 1.82) is 0 Å². The van der Waals surface area contributed by atoms with Gasteiger partial charge in [0.2, 0.25) is 0 Å². The largest absolute Gasteiger partial charge is 0.384 e. The molecule has 0 amide bonds. The Kier molecular flexibility index (Phi) is 4.47. The number of fused-ring (bicyclic) bond motifs is 1. The van der Waals surface area contributed by atoms with Crippen LogP contribution in [0.2, 0.25) is 5.02 Å². The number of para-hydroxylation sites is 1. The summed E-state index contributed by atoms with van der Waals surface area (Å²) >= 11 is 6.22. The Hall–Kier alpha value is -1.51. The molecule has 1 aliphatic rings. The molecule has 1 atom stereocenters. The van der Waals surface area contributed by atoms with E-state index in [4.69, 9.17) is 11.6 Å². The first-order valence-corrected chi connectivity index (χ1v) is 7.93. The summed E-state index contributed by atoms with van der Waals surface area (Å²) in [6.45, 7) is 4.16. The molecule has 0 aromatic heterocycles.